The second kappa shape index (κ2) is 6.75. The summed E-state index contributed by atoms with van der Waals surface area (Å²) < 4.78 is 0. The molecule has 1 aliphatic rings. The average molecular weight is 189 g/mol. The van der Waals surface area contributed by atoms with Gasteiger partial charge in [0, 0.05) is 30.7 Å². The van der Waals surface area contributed by atoms with Crippen molar-refractivity contribution in [3.05, 3.63) is 0 Å². The zero-order valence-corrected chi connectivity index (χ0v) is 8.41. The van der Waals surface area contributed by atoms with Crippen molar-refractivity contribution in [3.8, 4) is 0 Å². The third-order valence-corrected chi connectivity index (χ3v) is 3.34. The van der Waals surface area contributed by atoms with Gasteiger partial charge in [0.05, 0.1) is 0 Å². The number of unbranched alkanes of at least 4 members (excludes halogenated alkanes) is 2. The van der Waals surface area contributed by atoms with Crippen molar-refractivity contribution < 1.29 is 5.11 Å². The molecule has 0 saturated carbocycles. The molecule has 2 N–H and O–H groups in total. The fourth-order valence-corrected chi connectivity index (χ4v) is 2.48. The number of thioether (sulfide) groups is 1. The molecule has 1 heterocycles. The predicted molar refractivity (Wildman–Crippen MR) is 54.7 cm³/mol. The summed E-state index contributed by atoms with van der Waals surface area (Å²) in [5, 5.41) is 12.1. The van der Waals surface area contributed by atoms with E-state index in [-0.39, 0.29) is 0 Å². The minimum atomic E-state index is 0.354. The Morgan fingerprint density at radius 1 is 1.33 bits per heavy atom. The van der Waals surface area contributed by atoms with Gasteiger partial charge < -0.3 is 10.4 Å². The highest BCUT2D eigenvalue weighted by Crippen LogP contribution is 2.12. The lowest BCUT2D eigenvalue weighted by Crippen LogP contribution is -2.37. The van der Waals surface area contributed by atoms with Crippen LogP contribution in [0.3, 0.4) is 0 Å². The maximum Gasteiger partial charge on any atom is 0.0431 e. The van der Waals surface area contributed by atoms with Gasteiger partial charge in [-0.3, -0.25) is 0 Å². The van der Waals surface area contributed by atoms with Gasteiger partial charge in [-0.1, -0.05) is 12.8 Å². The summed E-state index contributed by atoms with van der Waals surface area (Å²) in [6.45, 7) is 1.53. The Labute approximate surface area is 79.1 Å². The van der Waals surface area contributed by atoms with Crippen molar-refractivity contribution in [2.75, 3.05) is 24.7 Å². The van der Waals surface area contributed by atoms with E-state index in [1.165, 1.54) is 37.3 Å². The molecule has 0 aromatic carbocycles. The summed E-state index contributed by atoms with van der Waals surface area (Å²) in [5.41, 5.74) is 0. The summed E-state index contributed by atoms with van der Waals surface area (Å²) in [6, 6.07) is 0.738. The summed E-state index contributed by atoms with van der Waals surface area (Å²) in [5.74, 6) is 2.55. The Balaban J connectivity index is 1.91. The third-order valence-electron chi connectivity index (χ3n) is 2.21. The first-order valence-electron chi connectivity index (χ1n) is 4.85. The fraction of sp³-hybridized carbons (Fsp3) is 1.00. The number of hydrogen-bond donors (Lipinski definition) is 2. The number of nitrogens with one attached hydrogen (secondary N) is 1. The predicted octanol–water partition coefficient (Wildman–Crippen LogP) is 1.24. The van der Waals surface area contributed by atoms with Crippen molar-refractivity contribution in [1.29, 1.82) is 0 Å². The van der Waals surface area contributed by atoms with Crippen LogP contribution in [0.4, 0.5) is 0 Å². The van der Waals surface area contributed by atoms with Gasteiger partial charge in [-0.2, -0.15) is 11.8 Å². The van der Waals surface area contributed by atoms with Crippen LogP contribution in [-0.4, -0.2) is 35.8 Å². The molecule has 72 valence electrons. The Morgan fingerprint density at radius 3 is 2.92 bits per heavy atom. The molecule has 1 rings (SSSR count). The Hall–Kier alpha value is 0.270. The highest BCUT2D eigenvalue weighted by atomic mass is 32.2. The van der Waals surface area contributed by atoms with Gasteiger partial charge in [0.15, 0.2) is 0 Å². The minimum absolute atomic E-state index is 0.354. The van der Waals surface area contributed by atoms with Crippen molar-refractivity contribution in [2.24, 2.45) is 0 Å². The number of rotatable bonds is 5. The van der Waals surface area contributed by atoms with Gasteiger partial charge in [0.25, 0.3) is 0 Å². The van der Waals surface area contributed by atoms with Crippen LogP contribution in [0.5, 0.6) is 0 Å². The molecular weight excluding hydrogens is 170 g/mol. The molecule has 3 heteroatoms. The largest absolute Gasteiger partial charge is 0.396 e. The summed E-state index contributed by atoms with van der Waals surface area (Å²) in [4.78, 5) is 0. The average Bonchev–Trinajstić information content (AvgIpc) is 2.14. The summed E-state index contributed by atoms with van der Waals surface area (Å²) in [7, 11) is 0. The van der Waals surface area contributed by atoms with Crippen LogP contribution in [-0.2, 0) is 0 Å². The minimum Gasteiger partial charge on any atom is -0.396 e. The number of aliphatic hydroxyl groups is 1. The van der Waals surface area contributed by atoms with Gasteiger partial charge in [-0.25, -0.2) is 0 Å². The summed E-state index contributed by atoms with van der Waals surface area (Å²) >= 11 is 2.05. The normalized spacial score (nSPS) is 24.2. The van der Waals surface area contributed by atoms with Crippen LogP contribution in [0.25, 0.3) is 0 Å². The zero-order valence-electron chi connectivity index (χ0n) is 7.59. The van der Waals surface area contributed by atoms with Crippen molar-refractivity contribution >= 4 is 11.8 Å². The molecule has 1 atom stereocenters. The SMILES string of the molecule is OCCCCCC1CSCCN1. The van der Waals surface area contributed by atoms with Crippen molar-refractivity contribution in [3.63, 3.8) is 0 Å². The molecule has 0 aromatic rings. The highest BCUT2D eigenvalue weighted by molar-refractivity contribution is 7.99. The van der Waals surface area contributed by atoms with E-state index in [0.29, 0.717) is 6.61 Å². The molecule has 1 unspecified atom stereocenters. The van der Waals surface area contributed by atoms with Gasteiger partial charge in [0.1, 0.15) is 0 Å². The second-order valence-electron chi connectivity index (χ2n) is 3.30. The highest BCUT2D eigenvalue weighted by Gasteiger charge is 2.11. The van der Waals surface area contributed by atoms with Crippen molar-refractivity contribution in [1.82, 2.24) is 5.32 Å². The molecule has 0 aromatic heterocycles. The molecule has 12 heavy (non-hydrogen) atoms. The maximum atomic E-state index is 8.58. The smallest absolute Gasteiger partial charge is 0.0431 e. The van der Waals surface area contributed by atoms with E-state index in [1.54, 1.807) is 0 Å². The molecule has 1 fully saturated rings. The van der Waals surface area contributed by atoms with Gasteiger partial charge in [-0.05, 0) is 12.8 Å². The molecule has 0 radical (unpaired) electrons. The standard InChI is InChI=1S/C9H19NOS/c11-6-3-1-2-4-9-8-12-7-5-10-9/h9-11H,1-8H2. The topological polar surface area (TPSA) is 32.3 Å². The van der Waals surface area contributed by atoms with E-state index < -0.39 is 0 Å². The zero-order chi connectivity index (χ0) is 8.65. The van der Waals surface area contributed by atoms with Crippen molar-refractivity contribution in [2.45, 2.75) is 31.7 Å². The van der Waals surface area contributed by atoms with Crippen LogP contribution >= 0.6 is 11.8 Å². The van der Waals surface area contributed by atoms with Gasteiger partial charge in [0.2, 0.25) is 0 Å². The molecular formula is C9H19NOS. The Morgan fingerprint density at radius 2 is 2.25 bits per heavy atom. The third kappa shape index (κ3) is 4.33. The van der Waals surface area contributed by atoms with E-state index in [0.717, 1.165) is 12.5 Å². The second-order valence-corrected chi connectivity index (χ2v) is 4.45. The molecule has 1 saturated heterocycles. The van der Waals surface area contributed by atoms with E-state index in [1.807, 2.05) is 0 Å². The number of aliphatic hydroxyl groups excluding tert-OH is 1. The van der Waals surface area contributed by atoms with E-state index in [2.05, 4.69) is 17.1 Å². The maximum absolute atomic E-state index is 8.58. The van der Waals surface area contributed by atoms with Crippen LogP contribution < -0.4 is 5.32 Å². The molecule has 1 aliphatic heterocycles. The first kappa shape index (κ1) is 10.4. The molecule has 0 spiro atoms. The quantitative estimate of drug-likeness (QED) is 0.638. The first-order chi connectivity index (χ1) is 5.93. The van der Waals surface area contributed by atoms with Crippen LogP contribution in [0, 0.1) is 0 Å². The fourth-order valence-electron chi connectivity index (χ4n) is 1.48. The lowest BCUT2D eigenvalue weighted by molar-refractivity contribution is 0.281. The van der Waals surface area contributed by atoms with Crippen LogP contribution in [0.1, 0.15) is 25.7 Å². The number of hydrogen-bond acceptors (Lipinski definition) is 3. The van der Waals surface area contributed by atoms with E-state index in [4.69, 9.17) is 5.11 Å². The Kier molecular flexibility index (Phi) is 5.82. The van der Waals surface area contributed by atoms with E-state index in [9.17, 15) is 0 Å². The van der Waals surface area contributed by atoms with Gasteiger partial charge in [-0.15, -0.1) is 0 Å². The lowest BCUT2D eigenvalue weighted by atomic mass is 10.1. The molecule has 0 amide bonds. The van der Waals surface area contributed by atoms with Crippen LogP contribution in [0.2, 0.25) is 0 Å². The van der Waals surface area contributed by atoms with Crippen LogP contribution in [0.15, 0.2) is 0 Å². The lowest BCUT2D eigenvalue weighted by Gasteiger charge is -2.22. The molecule has 0 bridgehead atoms. The van der Waals surface area contributed by atoms with E-state index >= 15 is 0 Å². The molecule has 0 aliphatic carbocycles. The Bertz CT molecular complexity index is 105. The first-order valence-corrected chi connectivity index (χ1v) is 6.01. The summed E-state index contributed by atoms with van der Waals surface area (Å²) in [6.07, 6.45) is 4.70. The monoisotopic (exact) mass is 189 g/mol. The van der Waals surface area contributed by atoms with Gasteiger partial charge >= 0.3 is 0 Å². The molecule has 2 nitrogen and oxygen atoms in total.